The van der Waals surface area contributed by atoms with Gasteiger partial charge in [-0.25, -0.2) is 16.8 Å². The van der Waals surface area contributed by atoms with E-state index in [1.165, 1.54) is 62.8 Å². The van der Waals surface area contributed by atoms with Crippen molar-refractivity contribution in [1.29, 1.82) is 0 Å². The van der Waals surface area contributed by atoms with Gasteiger partial charge in [0.1, 0.15) is 21.3 Å². The molecular weight excluding hydrogens is 703 g/mol. The maximum Gasteiger partial charge on any atom is 0.263 e. The van der Waals surface area contributed by atoms with Crippen LogP contribution >= 0.6 is 23.2 Å². The Labute approximate surface area is 287 Å². The van der Waals surface area contributed by atoms with Gasteiger partial charge in [-0.3, -0.25) is 19.0 Å². The van der Waals surface area contributed by atoms with E-state index in [9.17, 15) is 26.4 Å². The van der Waals surface area contributed by atoms with Crippen LogP contribution in [-0.2, 0) is 29.6 Å². The minimum Gasteiger partial charge on any atom is -0.495 e. The fraction of sp³-hybridized carbons (Fsp3) is 0.125. The molecule has 1 aliphatic rings. The first kappa shape index (κ1) is 34.6. The first-order valence-electron chi connectivity index (χ1n) is 14.0. The average Bonchev–Trinajstić information content (AvgIpc) is 3.72. The molecule has 4 aromatic rings. The third-order valence-corrected chi connectivity index (χ3v) is 11.0. The fourth-order valence-corrected chi connectivity index (χ4v) is 8.08. The lowest BCUT2D eigenvalue weighted by molar-refractivity contribution is -0.122. The summed E-state index contributed by atoms with van der Waals surface area (Å²) >= 11 is 12.6. The lowest BCUT2D eigenvalue weighted by atomic mass is 10.2. The smallest absolute Gasteiger partial charge is 0.263 e. The maximum atomic E-state index is 13.0. The van der Waals surface area contributed by atoms with E-state index in [1.54, 1.807) is 36.4 Å². The summed E-state index contributed by atoms with van der Waals surface area (Å²) in [6.45, 7) is 3.82. The molecule has 1 saturated carbocycles. The van der Waals surface area contributed by atoms with Gasteiger partial charge < -0.3 is 20.1 Å². The molecule has 250 valence electrons. The predicted octanol–water partition coefficient (Wildman–Crippen LogP) is 5.99. The number of amides is 2. The minimum atomic E-state index is -4.11. The second-order valence-corrected chi connectivity index (χ2v) is 14.5. The number of anilines is 4. The lowest BCUT2D eigenvalue weighted by Gasteiger charge is -2.13. The van der Waals surface area contributed by atoms with Gasteiger partial charge in [-0.2, -0.15) is 0 Å². The highest BCUT2D eigenvalue weighted by Crippen LogP contribution is 2.46. The zero-order chi connectivity index (χ0) is 34.8. The van der Waals surface area contributed by atoms with Gasteiger partial charge in [0.15, 0.2) is 0 Å². The van der Waals surface area contributed by atoms with Crippen molar-refractivity contribution in [2.75, 3.05) is 34.3 Å². The van der Waals surface area contributed by atoms with Gasteiger partial charge in [-0.15, -0.1) is 0 Å². The van der Waals surface area contributed by atoms with Crippen LogP contribution in [0.2, 0.25) is 10.0 Å². The Morgan fingerprint density at radius 2 is 1.02 bits per heavy atom. The minimum absolute atomic E-state index is 0.153. The van der Waals surface area contributed by atoms with E-state index in [1.807, 2.05) is 0 Å². The van der Waals surface area contributed by atoms with Crippen molar-refractivity contribution in [1.82, 2.24) is 0 Å². The van der Waals surface area contributed by atoms with Crippen molar-refractivity contribution in [3.8, 4) is 11.5 Å². The van der Waals surface area contributed by atoms with Crippen LogP contribution in [0.15, 0.2) is 107 Å². The summed E-state index contributed by atoms with van der Waals surface area (Å²) in [7, 11) is -5.40. The van der Waals surface area contributed by atoms with E-state index < -0.39 is 43.7 Å². The molecule has 12 nitrogen and oxygen atoms in total. The third kappa shape index (κ3) is 7.36. The van der Waals surface area contributed by atoms with E-state index in [4.69, 9.17) is 32.7 Å². The summed E-state index contributed by atoms with van der Waals surface area (Å²) in [5.74, 6) is -2.23. The first-order valence-corrected chi connectivity index (χ1v) is 17.7. The Balaban J connectivity index is 1.21. The zero-order valence-electron chi connectivity index (χ0n) is 25.3. The maximum absolute atomic E-state index is 13.0. The molecule has 0 heterocycles. The van der Waals surface area contributed by atoms with E-state index in [0.29, 0.717) is 17.1 Å². The molecule has 5 rings (SSSR count). The van der Waals surface area contributed by atoms with Crippen molar-refractivity contribution in [2.45, 2.75) is 9.79 Å². The Morgan fingerprint density at radius 3 is 1.38 bits per heavy atom. The summed E-state index contributed by atoms with van der Waals surface area (Å²) in [6.07, 6.45) is 0. The molecule has 0 aliphatic heterocycles. The molecule has 0 radical (unpaired) electrons. The third-order valence-electron chi connectivity index (χ3n) is 7.27. The van der Waals surface area contributed by atoms with Crippen molar-refractivity contribution >= 4 is 77.8 Å². The lowest BCUT2D eigenvalue weighted by Crippen LogP contribution is -2.21. The predicted molar refractivity (Wildman–Crippen MR) is 184 cm³/mol. The normalized spacial score (nSPS) is 15.6. The molecule has 0 bridgehead atoms. The SMILES string of the molecule is C=C1C(C(=O)Nc2ccc(S(=O)(=O)Nc3ccccc3OC)c(Cl)c2)C1C(=O)Nc1ccc(S(=O)(=O)Nc2ccccc2OC)c(Cl)c1. The van der Waals surface area contributed by atoms with Gasteiger partial charge >= 0.3 is 0 Å². The summed E-state index contributed by atoms with van der Waals surface area (Å²) in [5, 5.41) is 4.95. The van der Waals surface area contributed by atoms with Gasteiger partial charge in [0.25, 0.3) is 20.0 Å². The highest BCUT2D eigenvalue weighted by molar-refractivity contribution is 7.93. The van der Waals surface area contributed by atoms with Crippen molar-refractivity contribution in [3.63, 3.8) is 0 Å². The molecule has 2 atom stereocenters. The zero-order valence-corrected chi connectivity index (χ0v) is 28.4. The molecule has 0 spiro atoms. The largest absolute Gasteiger partial charge is 0.495 e. The molecule has 48 heavy (non-hydrogen) atoms. The molecule has 1 aliphatic carbocycles. The van der Waals surface area contributed by atoms with Crippen LogP contribution in [0.3, 0.4) is 0 Å². The number of halogens is 2. The Hall–Kier alpha value is -4.76. The van der Waals surface area contributed by atoms with E-state index in [0.717, 1.165) is 0 Å². The number of hydrogen-bond donors (Lipinski definition) is 4. The number of benzene rings is 4. The second kappa shape index (κ2) is 13.8. The number of sulfonamides is 2. The molecule has 0 saturated heterocycles. The summed E-state index contributed by atoms with van der Waals surface area (Å²) in [6, 6.07) is 20.7. The van der Waals surface area contributed by atoms with Crippen LogP contribution in [0.25, 0.3) is 0 Å². The molecule has 2 unspecified atom stereocenters. The highest BCUT2D eigenvalue weighted by atomic mass is 35.5. The number of methoxy groups -OCH3 is 2. The second-order valence-electron chi connectivity index (χ2n) is 10.4. The Morgan fingerprint density at radius 1 is 0.646 bits per heavy atom. The first-order chi connectivity index (χ1) is 22.8. The summed E-state index contributed by atoms with van der Waals surface area (Å²) < 4.78 is 67.2. The van der Waals surface area contributed by atoms with Crippen LogP contribution in [0, 0.1) is 11.8 Å². The number of ether oxygens (including phenoxy) is 2. The standard InChI is InChI=1S/C32H28Cl2N4O8S2/c1-18-29(31(39)35-19-12-14-27(21(33)16-19)47(41,42)37-23-8-4-6-10-25(23)45-2)30(18)32(40)36-20-13-15-28(22(34)17-20)48(43,44)38-24-9-5-7-11-26(24)46-3/h4-17,29-30,37-38H,1H2,2-3H3,(H,35,39)(H,36,40). The molecule has 1 fully saturated rings. The van der Waals surface area contributed by atoms with E-state index >= 15 is 0 Å². The molecule has 4 N–H and O–H groups in total. The number of carbonyl (C=O) groups excluding carboxylic acids is 2. The number of rotatable bonds is 12. The van der Waals surface area contributed by atoms with Crippen LogP contribution < -0.4 is 29.6 Å². The number of hydrogen-bond acceptors (Lipinski definition) is 8. The van der Waals surface area contributed by atoms with Crippen molar-refractivity contribution in [2.24, 2.45) is 11.8 Å². The Kier molecular flexibility index (Phi) is 9.91. The quantitative estimate of drug-likeness (QED) is 0.129. The van der Waals surface area contributed by atoms with Crippen molar-refractivity contribution in [3.05, 3.63) is 107 Å². The highest BCUT2D eigenvalue weighted by Gasteiger charge is 2.52. The van der Waals surface area contributed by atoms with Gasteiger partial charge in [-0.05, 0) is 60.7 Å². The fourth-order valence-electron chi connectivity index (χ4n) is 4.84. The molecule has 0 aromatic heterocycles. The summed E-state index contributed by atoms with van der Waals surface area (Å²) in [4.78, 5) is 25.6. The van der Waals surface area contributed by atoms with Crippen molar-refractivity contribution < 1.29 is 35.9 Å². The average molecular weight is 732 g/mol. The number of nitrogens with one attached hydrogen (secondary N) is 4. The van der Waals surface area contributed by atoms with Crippen LogP contribution in [0.4, 0.5) is 22.7 Å². The van der Waals surface area contributed by atoms with Crippen LogP contribution in [0.5, 0.6) is 11.5 Å². The summed E-state index contributed by atoms with van der Waals surface area (Å²) in [5.41, 5.74) is 1.18. The van der Waals surface area contributed by atoms with Gasteiger partial charge in [-0.1, -0.05) is 59.6 Å². The monoisotopic (exact) mass is 730 g/mol. The molecule has 4 aromatic carbocycles. The van der Waals surface area contributed by atoms with E-state index in [-0.39, 0.29) is 42.6 Å². The Bertz CT molecular complexity index is 2010. The van der Waals surface area contributed by atoms with E-state index in [2.05, 4.69) is 26.7 Å². The molecular formula is C32H28Cl2N4O8S2. The van der Waals surface area contributed by atoms with Crippen LogP contribution in [0.1, 0.15) is 0 Å². The number of para-hydroxylation sites is 4. The van der Waals surface area contributed by atoms with Gasteiger partial charge in [0.05, 0.1) is 47.5 Å². The molecule has 2 amide bonds. The number of carbonyl (C=O) groups is 2. The topological polar surface area (TPSA) is 169 Å². The van der Waals surface area contributed by atoms with Gasteiger partial charge in [0.2, 0.25) is 11.8 Å². The van der Waals surface area contributed by atoms with Crippen LogP contribution in [-0.4, -0.2) is 42.9 Å². The van der Waals surface area contributed by atoms with Gasteiger partial charge in [0, 0.05) is 11.4 Å². The molecule has 16 heteroatoms.